The van der Waals surface area contributed by atoms with Crippen LogP contribution in [0.5, 0.6) is 5.75 Å². The number of hydrogen-bond donors (Lipinski definition) is 1. The van der Waals surface area contributed by atoms with Gasteiger partial charge in [-0.3, -0.25) is 4.79 Å². The number of nitrogens with one attached hydrogen (secondary N) is 1. The van der Waals surface area contributed by atoms with Crippen LogP contribution in [0.2, 0.25) is 5.02 Å². The average molecular weight is 423 g/mol. The molecular formula is C20H23ClN2O4S. The van der Waals surface area contributed by atoms with Gasteiger partial charge in [0.1, 0.15) is 12.4 Å². The Morgan fingerprint density at radius 2 is 1.71 bits per heavy atom. The molecule has 0 atom stereocenters. The minimum absolute atomic E-state index is 0.0699. The molecule has 0 bridgehead atoms. The summed E-state index contributed by atoms with van der Waals surface area (Å²) in [5.41, 5.74) is 0. The van der Waals surface area contributed by atoms with E-state index in [1.54, 1.807) is 42.5 Å². The van der Waals surface area contributed by atoms with Crippen LogP contribution < -0.4 is 10.1 Å². The van der Waals surface area contributed by atoms with Crippen molar-refractivity contribution < 1.29 is 17.9 Å². The normalized spacial score (nSPS) is 15.9. The summed E-state index contributed by atoms with van der Waals surface area (Å²) in [6.07, 6.45) is 1.01. The van der Waals surface area contributed by atoms with Crippen molar-refractivity contribution in [1.82, 2.24) is 9.62 Å². The van der Waals surface area contributed by atoms with Crippen LogP contribution >= 0.6 is 11.6 Å². The smallest absolute Gasteiger partial charge is 0.243 e. The quantitative estimate of drug-likeness (QED) is 0.696. The van der Waals surface area contributed by atoms with Crippen molar-refractivity contribution in [1.29, 1.82) is 0 Å². The largest absolute Gasteiger partial charge is 0.490 e. The van der Waals surface area contributed by atoms with Gasteiger partial charge in [0.15, 0.2) is 0 Å². The maximum atomic E-state index is 12.6. The number of carbonyl (C=O) groups is 1. The van der Waals surface area contributed by atoms with Crippen molar-refractivity contribution in [3.8, 4) is 5.75 Å². The third-order valence-electron chi connectivity index (χ3n) is 4.70. The number of carbonyl (C=O) groups excluding carboxylic acids is 1. The van der Waals surface area contributed by atoms with Gasteiger partial charge >= 0.3 is 0 Å². The zero-order valence-electron chi connectivity index (χ0n) is 15.4. The second-order valence-corrected chi connectivity index (χ2v) is 8.91. The summed E-state index contributed by atoms with van der Waals surface area (Å²) in [6, 6.07) is 15.5. The van der Waals surface area contributed by atoms with Gasteiger partial charge in [0.2, 0.25) is 15.9 Å². The fourth-order valence-electron chi connectivity index (χ4n) is 3.14. The molecule has 1 fully saturated rings. The Morgan fingerprint density at radius 3 is 2.39 bits per heavy atom. The third-order valence-corrected chi connectivity index (χ3v) is 6.93. The maximum absolute atomic E-state index is 12.6. The second kappa shape index (κ2) is 9.41. The van der Waals surface area contributed by atoms with Crippen LogP contribution in [0, 0.1) is 5.92 Å². The van der Waals surface area contributed by atoms with E-state index < -0.39 is 10.0 Å². The standard InChI is InChI=1S/C20H23ClN2O4S/c21-18-8-4-5-9-19(18)27-15-12-22-20(24)16-10-13-23(14-11-16)28(25,26)17-6-2-1-3-7-17/h1-9,16H,10-15H2,(H,22,24). The Morgan fingerprint density at radius 1 is 1.07 bits per heavy atom. The van der Waals surface area contributed by atoms with Gasteiger partial charge in [0.05, 0.1) is 16.5 Å². The highest BCUT2D eigenvalue weighted by molar-refractivity contribution is 7.89. The van der Waals surface area contributed by atoms with Crippen LogP contribution in [0.4, 0.5) is 0 Å². The molecule has 0 aromatic heterocycles. The number of amides is 1. The van der Waals surface area contributed by atoms with Crippen LogP contribution in [0.25, 0.3) is 0 Å². The minimum atomic E-state index is -3.50. The number of benzene rings is 2. The fourth-order valence-corrected chi connectivity index (χ4v) is 4.82. The Hall–Kier alpha value is -2.09. The van der Waals surface area contributed by atoms with E-state index in [0.29, 0.717) is 49.9 Å². The first kappa shape index (κ1) is 20.6. The second-order valence-electron chi connectivity index (χ2n) is 6.56. The van der Waals surface area contributed by atoms with Gasteiger partial charge < -0.3 is 10.1 Å². The molecule has 1 N–H and O–H groups in total. The van der Waals surface area contributed by atoms with Gasteiger partial charge in [-0.1, -0.05) is 41.9 Å². The molecule has 28 heavy (non-hydrogen) atoms. The first-order valence-corrected chi connectivity index (χ1v) is 11.0. The summed E-state index contributed by atoms with van der Waals surface area (Å²) in [6.45, 7) is 1.36. The van der Waals surface area contributed by atoms with Gasteiger partial charge in [-0.15, -0.1) is 0 Å². The zero-order valence-corrected chi connectivity index (χ0v) is 17.0. The first-order valence-electron chi connectivity index (χ1n) is 9.19. The van der Waals surface area contributed by atoms with Crippen LogP contribution in [0.1, 0.15) is 12.8 Å². The predicted octanol–water partition coefficient (Wildman–Crippen LogP) is 2.94. The van der Waals surface area contributed by atoms with Crippen molar-refractivity contribution in [2.75, 3.05) is 26.2 Å². The van der Waals surface area contributed by atoms with E-state index in [9.17, 15) is 13.2 Å². The summed E-state index contributed by atoms with van der Waals surface area (Å²) in [4.78, 5) is 12.6. The van der Waals surface area contributed by atoms with Gasteiger partial charge in [-0.05, 0) is 37.1 Å². The van der Waals surface area contributed by atoms with Crippen molar-refractivity contribution in [2.45, 2.75) is 17.7 Å². The lowest BCUT2D eigenvalue weighted by Crippen LogP contribution is -2.43. The zero-order chi connectivity index (χ0) is 20.0. The van der Waals surface area contributed by atoms with E-state index in [1.807, 2.05) is 12.1 Å². The molecule has 1 amide bonds. The van der Waals surface area contributed by atoms with Gasteiger partial charge in [-0.2, -0.15) is 4.31 Å². The molecule has 0 spiro atoms. The molecule has 1 saturated heterocycles. The SMILES string of the molecule is O=C(NCCOc1ccccc1Cl)C1CCN(S(=O)(=O)c2ccccc2)CC1. The molecule has 150 valence electrons. The van der Waals surface area contributed by atoms with E-state index in [-0.39, 0.29) is 16.7 Å². The van der Waals surface area contributed by atoms with Crippen LogP contribution in [0.15, 0.2) is 59.5 Å². The number of halogens is 1. The highest BCUT2D eigenvalue weighted by Gasteiger charge is 2.31. The molecule has 0 aliphatic carbocycles. The molecule has 0 unspecified atom stereocenters. The fraction of sp³-hybridized carbons (Fsp3) is 0.350. The van der Waals surface area contributed by atoms with E-state index in [4.69, 9.17) is 16.3 Å². The van der Waals surface area contributed by atoms with E-state index in [1.165, 1.54) is 4.31 Å². The average Bonchev–Trinajstić information content (AvgIpc) is 2.73. The Labute approximate surface area is 170 Å². The van der Waals surface area contributed by atoms with Crippen LogP contribution in [-0.4, -0.2) is 44.9 Å². The van der Waals surface area contributed by atoms with Crippen LogP contribution in [0.3, 0.4) is 0 Å². The van der Waals surface area contributed by atoms with E-state index >= 15 is 0 Å². The Balaban J connectivity index is 1.43. The summed E-state index contributed by atoms with van der Waals surface area (Å²) in [7, 11) is -3.50. The number of para-hydroxylation sites is 1. The number of rotatable bonds is 7. The Bertz CT molecular complexity index is 897. The topological polar surface area (TPSA) is 75.7 Å². The molecule has 1 heterocycles. The van der Waals surface area contributed by atoms with E-state index in [2.05, 4.69) is 5.32 Å². The molecule has 0 saturated carbocycles. The number of piperidine rings is 1. The van der Waals surface area contributed by atoms with Gasteiger partial charge in [-0.25, -0.2) is 8.42 Å². The number of hydrogen-bond acceptors (Lipinski definition) is 4. The minimum Gasteiger partial charge on any atom is -0.490 e. The van der Waals surface area contributed by atoms with Gasteiger partial charge in [0, 0.05) is 19.0 Å². The summed E-state index contributed by atoms with van der Waals surface area (Å²) < 4.78 is 32.3. The monoisotopic (exact) mass is 422 g/mol. The van der Waals surface area contributed by atoms with Crippen molar-refractivity contribution in [3.05, 3.63) is 59.6 Å². The van der Waals surface area contributed by atoms with Crippen molar-refractivity contribution in [2.24, 2.45) is 5.92 Å². The lowest BCUT2D eigenvalue weighted by atomic mass is 9.97. The molecular weight excluding hydrogens is 400 g/mol. The highest BCUT2D eigenvalue weighted by Crippen LogP contribution is 2.24. The lowest BCUT2D eigenvalue weighted by molar-refractivity contribution is -0.126. The van der Waals surface area contributed by atoms with Crippen molar-refractivity contribution in [3.63, 3.8) is 0 Å². The number of nitrogens with zero attached hydrogens (tertiary/aromatic N) is 1. The summed E-state index contributed by atoms with van der Waals surface area (Å²) in [5, 5.41) is 3.38. The predicted molar refractivity (Wildman–Crippen MR) is 108 cm³/mol. The lowest BCUT2D eigenvalue weighted by Gasteiger charge is -2.30. The van der Waals surface area contributed by atoms with Gasteiger partial charge in [0.25, 0.3) is 0 Å². The molecule has 3 rings (SSSR count). The van der Waals surface area contributed by atoms with E-state index in [0.717, 1.165) is 0 Å². The first-order chi connectivity index (χ1) is 13.5. The molecule has 2 aromatic carbocycles. The molecule has 6 nitrogen and oxygen atoms in total. The molecule has 1 aliphatic heterocycles. The Kier molecular flexibility index (Phi) is 6.93. The summed E-state index contributed by atoms with van der Waals surface area (Å²) in [5.74, 6) is 0.319. The molecule has 2 aromatic rings. The highest BCUT2D eigenvalue weighted by atomic mass is 35.5. The molecule has 1 aliphatic rings. The molecule has 8 heteroatoms. The summed E-state index contributed by atoms with van der Waals surface area (Å²) >= 11 is 6.02. The number of ether oxygens (including phenoxy) is 1. The van der Waals surface area contributed by atoms with Crippen molar-refractivity contribution >= 4 is 27.5 Å². The maximum Gasteiger partial charge on any atom is 0.243 e. The van der Waals surface area contributed by atoms with Crippen LogP contribution in [-0.2, 0) is 14.8 Å². The number of sulfonamides is 1. The third kappa shape index (κ3) is 5.04. The molecule has 0 radical (unpaired) electrons.